The summed E-state index contributed by atoms with van der Waals surface area (Å²) < 4.78 is 6.16. The van der Waals surface area contributed by atoms with Gasteiger partial charge in [-0.1, -0.05) is 29.8 Å². The molecule has 0 saturated heterocycles. The predicted octanol–water partition coefficient (Wildman–Crippen LogP) is 3.53. The van der Waals surface area contributed by atoms with Gasteiger partial charge >= 0.3 is 5.97 Å². The third-order valence-corrected chi connectivity index (χ3v) is 5.12. The fourth-order valence-corrected chi connectivity index (χ4v) is 3.94. The van der Waals surface area contributed by atoms with Crippen molar-refractivity contribution in [1.29, 1.82) is 0 Å². The zero-order valence-electron chi connectivity index (χ0n) is 12.8. The summed E-state index contributed by atoms with van der Waals surface area (Å²) in [6.07, 6.45) is 0.378. The van der Waals surface area contributed by atoms with E-state index in [4.69, 9.17) is 16.3 Å². The maximum absolute atomic E-state index is 12.8. The van der Waals surface area contributed by atoms with Crippen LogP contribution in [0.5, 0.6) is 0 Å². The molecule has 4 nitrogen and oxygen atoms in total. The van der Waals surface area contributed by atoms with E-state index in [0.29, 0.717) is 22.9 Å². The summed E-state index contributed by atoms with van der Waals surface area (Å²) in [5, 5.41) is 0. The van der Waals surface area contributed by atoms with Gasteiger partial charge in [0.1, 0.15) is 0 Å². The Morgan fingerprint density at radius 2 is 2.09 bits per heavy atom. The molecule has 1 aromatic carbocycles. The van der Waals surface area contributed by atoms with E-state index in [0.717, 1.165) is 10.4 Å². The molecule has 1 unspecified atom stereocenters. The highest BCUT2D eigenvalue weighted by atomic mass is 35.5. The molecule has 23 heavy (non-hydrogen) atoms. The van der Waals surface area contributed by atoms with Gasteiger partial charge in [-0.25, -0.2) is 4.79 Å². The molecule has 0 aliphatic carbocycles. The smallest absolute Gasteiger partial charge is 0.339 e. The number of benzene rings is 1. The molecule has 1 amide bonds. The van der Waals surface area contributed by atoms with E-state index in [1.54, 1.807) is 37.1 Å². The SMILES string of the molecule is CN(Cc1ccc(Cl)s1)C(=O)C1(C)Cc2ccccc2C(=O)O1. The molecular formula is C17H16ClNO3S. The molecule has 0 radical (unpaired) electrons. The maximum atomic E-state index is 12.8. The molecule has 0 saturated carbocycles. The average molecular weight is 350 g/mol. The lowest BCUT2D eigenvalue weighted by Gasteiger charge is -2.35. The second-order valence-corrected chi connectivity index (χ2v) is 7.62. The largest absolute Gasteiger partial charge is 0.445 e. The third kappa shape index (κ3) is 3.12. The van der Waals surface area contributed by atoms with Gasteiger partial charge in [0, 0.05) is 18.3 Å². The first-order valence-electron chi connectivity index (χ1n) is 7.20. The highest BCUT2D eigenvalue weighted by molar-refractivity contribution is 7.16. The molecule has 6 heteroatoms. The van der Waals surface area contributed by atoms with E-state index >= 15 is 0 Å². The Labute approximate surface area is 143 Å². The molecule has 3 rings (SSSR count). The number of hydrogen-bond donors (Lipinski definition) is 0. The number of hydrogen-bond acceptors (Lipinski definition) is 4. The predicted molar refractivity (Wildman–Crippen MR) is 89.8 cm³/mol. The summed E-state index contributed by atoms with van der Waals surface area (Å²) in [6.45, 7) is 2.10. The van der Waals surface area contributed by atoms with Gasteiger partial charge in [-0.2, -0.15) is 0 Å². The monoisotopic (exact) mass is 349 g/mol. The van der Waals surface area contributed by atoms with Gasteiger partial charge in [-0.15, -0.1) is 11.3 Å². The van der Waals surface area contributed by atoms with Gasteiger partial charge in [-0.05, 0) is 30.7 Å². The topological polar surface area (TPSA) is 46.6 Å². The van der Waals surface area contributed by atoms with Gasteiger partial charge < -0.3 is 9.64 Å². The minimum absolute atomic E-state index is 0.218. The van der Waals surface area contributed by atoms with Crippen molar-refractivity contribution < 1.29 is 14.3 Å². The molecule has 1 aromatic heterocycles. The van der Waals surface area contributed by atoms with Gasteiger partial charge in [0.25, 0.3) is 5.91 Å². The van der Waals surface area contributed by atoms with Crippen LogP contribution in [0, 0.1) is 0 Å². The van der Waals surface area contributed by atoms with Gasteiger partial charge in [0.2, 0.25) is 0 Å². The first-order valence-corrected chi connectivity index (χ1v) is 8.39. The lowest BCUT2D eigenvalue weighted by molar-refractivity contribution is -0.150. The standard InChI is InChI=1S/C17H16ClNO3S/c1-17(9-11-5-3-4-6-13(11)15(20)22-17)16(21)19(2)10-12-7-8-14(18)23-12/h3-8H,9-10H2,1-2H3. The summed E-state index contributed by atoms with van der Waals surface area (Å²) >= 11 is 7.35. The van der Waals surface area contributed by atoms with Gasteiger partial charge in [-0.3, -0.25) is 4.79 Å². The van der Waals surface area contributed by atoms with Crippen LogP contribution in [-0.2, 0) is 22.5 Å². The number of thiophene rings is 1. The van der Waals surface area contributed by atoms with Crippen molar-refractivity contribution in [1.82, 2.24) is 4.90 Å². The van der Waals surface area contributed by atoms with E-state index in [-0.39, 0.29) is 5.91 Å². The van der Waals surface area contributed by atoms with Crippen LogP contribution in [0.15, 0.2) is 36.4 Å². The highest BCUT2D eigenvalue weighted by Gasteiger charge is 2.44. The molecule has 2 heterocycles. The molecule has 1 aliphatic rings. The van der Waals surface area contributed by atoms with Crippen molar-refractivity contribution in [2.45, 2.75) is 25.5 Å². The Morgan fingerprint density at radius 3 is 2.78 bits per heavy atom. The summed E-state index contributed by atoms with van der Waals surface area (Å²) in [6, 6.07) is 10.9. The number of carbonyl (C=O) groups excluding carboxylic acids is 2. The van der Waals surface area contributed by atoms with Crippen LogP contribution in [-0.4, -0.2) is 29.4 Å². The maximum Gasteiger partial charge on any atom is 0.339 e. The number of likely N-dealkylation sites (N-methyl/N-ethyl adjacent to an activating group) is 1. The van der Waals surface area contributed by atoms with E-state index in [1.807, 2.05) is 18.2 Å². The summed E-state index contributed by atoms with van der Waals surface area (Å²) in [4.78, 5) is 27.5. The fraction of sp³-hybridized carbons (Fsp3) is 0.294. The molecule has 120 valence electrons. The zero-order chi connectivity index (χ0) is 16.6. The number of cyclic esters (lactones) is 1. The number of nitrogens with zero attached hydrogens (tertiary/aromatic N) is 1. The zero-order valence-corrected chi connectivity index (χ0v) is 14.4. The van der Waals surface area contributed by atoms with Crippen LogP contribution >= 0.6 is 22.9 Å². The number of ether oxygens (including phenoxy) is 1. The van der Waals surface area contributed by atoms with E-state index in [2.05, 4.69) is 0 Å². The Kier molecular flexibility index (Phi) is 4.17. The highest BCUT2D eigenvalue weighted by Crippen LogP contribution is 2.30. The second kappa shape index (κ2) is 5.98. The van der Waals surface area contributed by atoms with Crippen molar-refractivity contribution in [2.75, 3.05) is 7.05 Å². The van der Waals surface area contributed by atoms with Crippen molar-refractivity contribution in [3.05, 3.63) is 56.7 Å². The van der Waals surface area contributed by atoms with Crippen LogP contribution in [0.3, 0.4) is 0 Å². The molecule has 1 atom stereocenters. The van der Waals surface area contributed by atoms with Crippen LogP contribution < -0.4 is 0 Å². The normalized spacial score (nSPS) is 19.9. The quantitative estimate of drug-likeness (QED) is 0.796. The molecule has 2 aromatic rings. The van der Waals surface area contributed by atoms with Crippen LogP contribution in [0.25, 0.3) is 0 Å². The third-order valence-electron chi connectivity index (χ3n) is 3.90. The molecule has 0 N–H and O–H groups in total. The lowest BCUT2D eigenvalue weighted by Crippen LogP contribution is -2.51. The number of fused-ring (bicyclic) bond motifs is 1. The summed E-state index contributed by atoms with van der Waals surface area (Å²) in [7, 11) is 1.70. The average Bonchev–Trinajstić information content (AvgIpc) is 2.91. The van der Waals surface area contributed by atoms with Crippen molar-refractivity contribution in [2.24, 2.45) is 0 Å². The van der Waals surface area contributed by atoms with Crippen molar-refractivity contribution in [3.63, 3.8) is 0 Å². The molecule has 0 fully saturated rings. The minimum Gasteiger partial charge on any atom is -0.445 e. The van der Waals surface area contributed by atoms with E-state index in [9.17, 15) is 9.59 Å². The van der Waals surface area contributed by atoms with Gasteiger partial charge in [0.15, 0.2) is 5.60 Å². The number of halogens is 1. The number of rotatable bonds is 3. The Bertz CT molecular complexity index is 773. The van der Waals surface area contributed by atoms with Crippen LogP contribution in [0.4, 0.5) is 0 Å². The number of amides is 1. The van der Waals surface area contributed by atoms with E-state index < -0.39 is 11.6 Å². The van der Waals surface area contributed by atoms with Crippen molar-refractivity contribution >= 4 is 34.8 Å². The minimum atomic E-state index is -1.18. The van der Waals surface area contributed by atoms with Gasteiger partial charge in [0.05, 0.1) is 16.4 Å². The first kappa shape index (κ1) is 16.0. The number of esters is 1. The fourth-order valence-electron chi connectivity index (χ4n) is 2.80. The Morgan fingerprint density at radius 1 is 1.35 bits per heavy atom. The van der Waals surface area contributed by atoms with Crippen molar-refractivity contribution in [3.8, 4) is 0 Å². The Balaban J connectivity index is 1.80. The molecular weight excluding hydrogens is 334 g/mol. The summed E-state index contributed by atoms with van der Waals surface area (Å²) in [5.41, 5.74) is 0.193. The van der Waals surface area contributed by atoms with Crippen LogP contribution in [0.2, 0.25) is 4.34 Å². The Hall–Kier alpha value is -1.85. The molecule has 0 bridgehead atoms. The second-order valence-electron chi connectivity index (χ2n) is 5.82. The van der Waals surface area contributed by atoms with Crippen LogP contribution in [0.1, 0.15) is 27.7 Å². The first-order chi connectivity index (χ1) is 10.9. The summed E-state index contributed by atoms with van der Waals surface area (Å²) in [5.74, 6) is -0.667. The molecule has 1 aliphatic heterocycles. The van der Waals surface area contributed by atoms with E-state index in [1.165, 1.54) is 11.3 Å². The number of carbonyl (C=O) groups is 2. The molecule has 0 spiro atoms. The lowest BCUT2D eigenvalue weighted by atomic mass is 9.89.